The van der Waals surface area contributed by atoms with Crippen molar-refractivity contribution in [3.8, 4) is 17.0 Å². The molecule has 0 unspecified atom stereocenters. The van der Waals surface area contributed by atoms with E-state index in [9.17, 15) is 4.79 Å². The number of rotatable bonds is 4. The first-order chi connectivity index (χ1) is 10.7. The minimum absolute atomic E-state index is 0.250. The van der Waals surface area contributed by atoms with Crippen molar-refractivity contribution in [2.75, 3.05) is 12.4 Å². The van der Waals surface area contributed by atoms with Gasteiger partial charge >= 0.3 is 0 Å². The molecule has 2 aromatic heterocycles. The van der Waals surface area contributed by atoms with Crippen molar-refractivity contribution < 1.29 is 9.53 Å². The Morgan fingerprint density at radius 1 is 1.41 bits per heavy atom. The van der Waals surface area contributed by atoms with Gasteiger partial charge in [-0.3, -0.25) is 10.1 Å². The number of amides is 1. The van der Waals surface area contributed by atoms with Crippen LogP contribution in [0.15, 0.2) is 41.8 Å². The highest BCUT2D eigenvalue weighted by atomic mass is 32.1. The fourth-order valence-electron chi connectivity index (χ4n) is 2.08. The number of benzene rings is 1. The molecule has 3 rings (SSSR count). The van der Waals surface area contributed by atoms with Gasteiger partial charge in [0.25, 0.3) is 5.95 Å². The van der Waals surface area contributed by atoms with Crippen molar-refractivity contribution >= 4 is 28.2 Å². The highest BCUT2D eigenvalue weighted by Gasteiger charge is 2.15. The lowest BCUT2D eigenvalue weighted by atomic mass is 10.1. The maximum absolute atomic E-state index is 11.6. The number of fused-ring (bicyclic) bond motifs is 1. The molecule has 7 heteroatoms. The van der Waals surface area contributed by atoms with Crippen LogP contribution in [0.4, 0.5) is 5.95 Å². The van der Waals surface area contributed by atoms with Gasteiger partial charge in [0.1, 0.15) is 5.75 Å². The van der Waals surface area contributed by atoms with E-state index < -0.39 is 0 Å². The molecule has 0 fully saturated rings. The number of nitrogens with zero attached hydrogens (tertiary/aromatic N) is 3. The molecule has 0 aliphatic heterocycles. The van der Waals surface area contributed by atoms with E-state index >= 15 is 0 Å². The molecule has 0 aliphatic rings. The van der Waals surface area contributed by atoms with Crippen LogP contribution in [0.25, 0.3) is 16.2 Å². The summed E-state index contributed by atoms with van der Waals surface area (Å²) in [5.41, 5.74) is 1.80. The lowest BCUT2D eigenvalue weighted by molar-refractivity contribution is -0.111. The molecule has 3 aromatic rings. The van der Waals surface area contributed by atoms with Crippen molar-refractivity contribution in [3.05, 3.63) is 41.8 Å². The molecule has 1 amide bonds. The Kier molecular flexibility index (Phi) is 3.88. The van der Waals surface area contributed by atoms with Crippen LogP contribution in [-0.4, -0.2) is 27.6 Å². The quantitative estimate of drug-likeness (QED) is 0.752. The van der Waals surface area contributed by atoms with E-state index in [4.69, 9.17) is 4.74 Å². The van der Waals surface area contributed by atoms with Crippen molar-refractivity contribution in [3.63, 3.8) is 0 Å². The van der Waals surface area contributed by atoms with Gasteiger partial charge in [-0.25, -0.2) is 4.52 Å². The number of aromatic nitrogens is 3. The van der Waals surface area contributed by atoms with E-state index in [1.54, 1.807) is 24.6 Å². The molecule has 0 atom stereocenters. The number of para-hydroxylation sites is 1. The van der Waals surface area contributed by atoms with Crippen molar-refractivity contribution in [1.29, 1.82) is 0 Å². The zero-order valence-corrected chi connectivity index (χ0v) is 12.9. The number of methoxy groups -OCH3 is 1. The number of allylic oxidation sites excluding steroid dienone is 1. The van der Waals surface area contributed by atoms with E-state index in [2.05, 4.69) is 15.4 Å². The van der Waals surface area contributed by atoms with Gasteiger partial charge in [0.05, 0.1) is 12.8 Å². The van der Waals surface area contributed by atoms with E-state index in [-0.39, 0.29) is 11.9 Å². The summed E-state index contributed by atoms with van der Waals surface area (Å²) in [6, 6.07) is 7.70. The highest BCUT2D eigenvalue weighted by Crippen LogP contribution is 2.32. The lowest BCUT2D eigenvalue weighted by Gasteiger charge is -2.06. The molecule has 1 N–H and O–H groups in total. The Morgan fingerprint density at radius 2 is 2.23 bits per heavy atom. The van der Waals surface area contributed by atoms with Gasteiger partial charge in [0, 0.05) is 10.9 Å². The van der Waals surface area contributed by atoms with Crippen molar-refractivity contribution in [1.82, 2.24) is 14.6 Å². The van der Waals surface area contributed by atoms with Crippen LogP contribution in [0.1, 0.15) is 6.92 Å². The summed E-state index contributed by atoms with van der Waals surface area (Å²) in [6.45, 7) is 1.78. The molecule has 6 nitrogen and oxygen atoms in total. The second-order valence-corrected chi connectivity index (χ2v) is 5.28. The van der Waals surface area contributed by atoms with Crippen molar-refractivity contribution in [2.24, 2.45) is 0 Å². The number of carbonyl (C=O) groups excluding carboxylic acids is 1. The molecule has 0 radical (unpaired) electrons. The second kappa shape index (κ2) is 5.98. The average molecular weight is 314 g/mol. The fraction of sp³-hybridized carbons (Fsp3) is 0.133. The Bertz CT molecular complexity index is 850. The molecule has 2 heterocycles. The Morgan fingerprint density at radius 3 is 3.00 bits per heavy atom. The van der Waals surface area contributed by atoms with Crippen molar-refractivity contribution in [2.45, 2.75) is 6.92 Å². The molecule has 0 saturated heterocycles. The maximum atomic E-state index is 11.6. The van der Waals surface area contributed by atoms with Gasteiger partial charge < -0.3 is 4.74 Å². The molecular formula is C15H14N4O2S. The van der Waals surface area contributed by atoms with E-state index in [0.29, 0.717) is 4.96 Å². The molecule has 112 valence electrons. The van der Waals surface area contributed by atoms with Crippen LogP contribution >= 0.6 is 11.3 Å². The summed E-state index contributed by atoms with van der Waals surface area (Å²) in [5, 5.41) is 8.94. The smallest absolute Gasteiger partial charge is 0.250 e. The van der Waals surface area contributed by atoms with E-state index in [1.807, 2.05) is 29.6 Å². The number of carbonyl (C=O) groups is 1. The zero-order valence-electron chi connectivity index (χ0n) is 12.1. The summed E-state index contributed by atoms with van der Waals surface area (Å²) < 4.78 is 7.09. The van der Waals surface area contributed by atoms with Gasteiger partial charge in [-0.1, -0.05) is 18.2 Å². The summed E-state index contributed by atoms with van der Waals surface area (Å²) in [4.78, 5) is 16.6. The Hall–Kier alpha value is -2.67. The van der Waals surface area contributed by atoms with Crippen LogP contribution in [0, 0.1) is 0 Å². The molecular weight excluding hydrogens is 300 g/mol. The Labute approximate surface area is 131 Å². The standard InChI is InChI=1S/C15H14N4O2S/c1-3-6-13(20)16-14-17-15-19(18-14)11(9-22-15)10-7-4-5-8-12(10)21-2/h3-9H,1-2H3,(H,16,18,20)/b6-3+. The third-order valence-electron chi connectivity index (χ3n) is 3.02. The topological polar surface area (TPSA) is 68.5 Å². The number of anilines is 1. The van der Waals surface area contributed by atoms with Crippen LogP contribution in [0.3, 0.4) is 0 Å². The number of thiazole rings is 1. The minimum Gasteiger partial charge on any atom is -0.496 e. The highest BCUT2D eigenvalue weighted by molar-refractivity contribution is 7.15. The van der Waals surface area contributed by atoms with Crippen LogP contribution in [0.5, 0.6) is 5.75 Å². The van der Waals surface area contributed by atoms with Crippen LogP contribution < -0.4 is 10.1 Å². The number of nitrogens with one attached hydrogen (secondary N) is 1. The normalized spacial score (nSPS) is 11.2. The lowest BCUT2D eigenvalue weighted by Crippen LogP contribution is -2.09. The first-order valence-corrected chi connectivity index (χ1v) is 7.52. The SMILES string of the molecule is C/C=C/C(=O)Nc1nc2scc(-c3ccccc3OC)n2n1. The van der Waals surface area contributed by atoms with Gasteiger partial charge in [0.15, 0.2) is 0 Å². The predicted molar refractivity (Wildman–Crippen MR) is 86.3 cm³/mol. The summed E-state index contributed by atoms with van der Waals surface area (Å²) >= 11 is 1.45. The maximum Gasteiger partial charge on any atom is 0.250 e. The van der Waals surface area contributed by atoms with Gasteiger partial charge in [0.2, 0.25) is 10.9 Å². The van der Waals surface area contributed by atoms with Crippen LogP contribution in [0.2, 0.25) is 0 Å². The van der Waals surface area contributed by atoms with E-state index in [1.165, 1.54) is 17.4 Å². The summed E-state index contributed by atoms with van der Waals surface area (Å²) in [7, 11) is 1.63. The van der Waals surface area contributed by atoms with E-state index in [0.717, 1.165) is 17.0 Å². The largest absolute Gasteiger partial charge is 0.496 e. The number of hydrogen-bond donors (Lipinski definition) is 1. The van der Waals surface area contributed by atoms with Gasteiger partial charge in [-0.2, -0.15) is 4.98 Å². The first kappa shape index (κ1) is 14.3. The number of hydrogen-bond acceptors (Lipinski definition) is 5. The summed E-state index contributed by atoms with van der Waals surface area (Å²) in [6.07, 6.45) is 3.09. The zero-order chi connectivity index (χ0) is 15.5. The molecule has 22 heavy (non-hydrogen) atoms. The molecule has 1 aromatic carbocycles. The number of ether oxygens (including phenoxy) is 1. The molecule has 0 aliphatic carbocycles. The average Bonchev–Trinajstić information content (AvgIpc) is 3.07. The first-order valence-electron chi connectivity index (χ1n) is 6.64. The predicted octanol–water partition coefficient (Wildman–Crippen LogP) is 2.98. The Balaban J connectivity index is 2.01. The summed E-state index contributed by atoms with van der Waals surface area (Å²) in [5.74, 6) is 0.794. The third kappa shape index (κ3) is 2.58. The minimum atomic E-state index is -0.250. The monoisotopic (exact) mass is 314 g/mol. The molecule has 0 spiro atoms. The third-order valence-corrected chi connectivity index (χ3v) is 3.83. The molecule has 0 saturated carbocycles. The van der Waals surface area contributed by atoms with Gasteiger partial charge in [-0.15, -0.1) is 16.4 Å². The second-order valence-electron chi connectivity index (χ2n) is 4.44. The molecule has 0 bridgehead atoms. The van der Waals surface area contributed by atoms with Gasteiger partial charge in [-0.05, 0) is 25.1 Å². The fourth-order valence-corrected chi connectivity index (χ4v) is 2.90. The van der Waals surface area contributed by atoms with Crippen LogP contribution in [-0.2, 0) is 4.79 Å².